The van der Waals surface area contributed by atoms with Crippen molar-refractivity contribution in [2.24, 2.45) is 0 Å². The quantitative estimate of drug-likeness (QED) is 0.652. The number of aliphatic hydroxyl groups is 1. The van der Waals surface area contributed by atoms with Crippen LogP contribution >= 0.6 is 11.3 Å². The van der Waals surface area contributed by atoms with E-state index < -0.39 is 22.9 Å². The second kappa shape index (κ2) is 8.90. The van der Waals surface area contributed by atoms with Gasteiger partial charge in [-0.05, 0) is 54.5 Å². The van der Waals surface area contributed by atoms with E-state index in [0.29, 0.717) is 9.22 Å². The van der Waals surface area contributed by atoms with Crippen LogP contribution < -0.4 is 4.72 Å². The number of benzene rings is 1. The minimum absolute atomic E-state index is 0.0181. The summed E-state index contributed by atoms with van der Waals surface area (Å²) in [6.07, 6.45) is 1.41. The van der Waals surface area contributed by atoms with Crippen molar-refractivity contribution in [3.8, 4) is 0 Å². The highest BCUT2D eigenvalue weighted by molar-refractivity contribution is 7.92. The van der Waals surface area contributed by atoms with Crippen molar-refractivity contribution in [3.63, 3.8) is 0 Å². The van der Waals surface area contributed by atoms with Gasteiger partial charge in [0.05, 0.1) is 12.6 Å². The molecule has 2 N–H and O–H groups in total. The molecule has 1 aromatic heterocycles. The van der Waals surface area contributed by atoms with Crippen LogP contribution in [0.5, 0.6) is 0 Å². The van der Waals surface area contributed by atoms with Gasteiger partial charge in [-0.3, -0.25) is 4.79 Å². The van der Waals surface area contributed by atoms with E-state index in [1.807, 2.05) is 27.7 Å². The molecule has 0 fully saturated rings. The van der Waals surface area contributed by atoms with Gasteiger partial charge in [-0.25, -0.2) is 9.37 Å². The summed E-state index contributed by atoms with van der Waals surface area (Å²) < 4.78 is 29.3. The summed E-state index contributed by atoms with van der Waals surface area (Å²) in [6, 6.07) is 2.93. The maximum atomic E-state index is 14.0. The van der Waals surface area contributed by atoms with Gasteiger partial charge in [0.2, 0.25) is 0 Å². The first-order valence-corrected chi connectivity index (χ1v) is 11.1. The summed E-state index contributed by atoms with van der Waals surface area (Å²) in [7, 11) is 0. The van der Waals surface area contributed by atoms with Gasteiger partial charge in [0.1, 0.15) is 27.8 Å². The summed E-state index contributed by atoms with van der Waals surface area (Å²) >= 11 is -0.680. The zero-order valence-corrected chi connectivity index (χ0v) is 18.6. The van der Waals surface area contributed by atoms with Crippen LogP contribution in [-0.4, -0.2) is 20.6 Å². The highest BCUT2D eigenvalue weighted by Gasteiger charge is 2.27. The second-order valence-electron chi connectivity index (χ2n) is 7.89. The smallest absolute Gasteiger partial charge is 0.265 e. The first-order valence-electron chi connectivity index (χ1n) is 9.12. The topological polar surface area (TPSA) is 85.3 Å². The Hall–Kier alpha value is -1.48. The van der Waals surface area contributed by atoms with Crippen molar-refractivity contribution < 1.29 is 18.8 Å². The zero-order chi connectivity index (χ0) is 21.2. The number of aromatic nitrogens is 1. The number of carbonyl (C=O) groups excluding carboxylic acids is 1. The number of nitrogens with zero attached hydrogens (tertiary/aromatic N) is 1. The fraction of sp³-hybridized carbons (Fsp3) is 0.500. The van der Waals surface area contributed by atoms with Crippen LogP contribution in [0, 0.1) is 5.82 Å². The number of halogens is 1. The van der Waals surface area contributed by atoms with Crippen LogP contribution in [0.2, 0.25) is 0 Å². The molecule has 0 radical (unpaired) electrons. The van der Waals surface area contributed by atoms with E-state index in [9.17, 15) is 18.8 Å². The number of hydrogen-bond acceptors (Lipinski definition) is 5. The monoisotopic (exact) mass is 426 g/mol. The first kappa shape index (κ1) is 22.8. The maximum absolute atomic E-state index is 14.0. The summed E-state index contributed by atoms with van der Waals surface area (Å²) in [5, 5.41) is 10.4. The molecule has 1 amide bonds. The van der Waals surface area contributed by atoms with Gasteiger partial charge in [-0.1, -0.05) is 39.0 Å². The number of amides is 1. The van der Waals surface area contributed by atoms with Gasteiger partial charge in [0.15, 0.2) is 0 Å². The van der Waals surface area contributed by atoms with Crippen molar-refractivity contribution in [2.75, 3.05) is 0 Å². The van der Waals surface area contributed by atoms with Gasteiger partial charge in [0.25, 0.3) is 10.1 Å². The molecule has 0 saturated carbocycles. The van der Waals surface area contributed by atoms with Crippen molar-refractivity contribution >= 4 is 28.6 Å². The summed E-state index contributed by atoms with van der Waals surface area (Å²) in [5.41, 5.74) is 1.21. The Kier molecular flexibility index (Phi) is 7.25. The SMILES string of the molecule is CC(C)c1cc(F)cc(C(C)C)c1CC(=O)N[S+]([O-])c1cnc(C(C)(C)O)s1. The number of hydrogen-bond donors (Lipinski definition) is 2. The molecule has 0 bridgehead atoms. The van der Waals surface area contributed by atoms with E-state index in [1.165, 1.54) is 18.3 Å². The molecular weight excluding hydrogens is 399 g/mol. The molecule has 0 spiro atoms. The molecule has 154 valence electrons. The predicted octanol–water partition coefficient (Wildman–Crippen LogP) is 4.14. The van der Waals surface area contributed by atoms with Gasteiger partial charge >= 0.3 is 0 Å². The fourth-order valence-corrected chi connectivity index (χ4v) is 4.74. The molecule has 0 aliphatic rings. The standard InChI is InChI=1S/C20H27FN2O3S2/c1-11(2)14-7-13(21)8-15(12(3)4)16(14)9-17(24)23-28(26)18-10-22-19(27-18)20(5,6)25/h7-8,10-12,25H,9H2,1-6H3,(H,23,24). The molecule has 1 heterocycles. The minimum Gasteiger partial charge on any atom is -0.587 e. The minimum atomic E-state index is -1.77. The first-order chi connectivity index (χ1) is 12.9. The van der Waals surface area contributed by atoms with Crippen LogP contribution in [0.15, 0.2) is 22.5 Å². The van der Waals surface area contributed by atoms with Crippen LogP contribution in [0.1, 0.15) is 75.1 Å². The lowest BCUT2D eigenvalue weighted by atomic mass is 9.87. The van der Waals surface area contributed by atoms with E-state index in [0.717, 1.165) is 28.0 Å². The summed E-state index contributed by atoms with van der Waals surface area (Å²) in [5.74, 6) is -0.620. The third kappa shape index (κ3) is 5.53. The molecule has 0 saturated heterocycles. The van der Waals surface area contributed by atoms with Gasteiger partial charge in [-0.2, -0.15) is 4.72 Å². The van der Waals surface area contributed by atoms with E-state index in [-0.39, 0.29) is 24.1 Å². The average molecular weight is 427 g/mol. The molecule has 5 nitrogen and oxygen atoms in total. The lowest BCUT2D eigenvalue weighted by Gasteiger charge is -2.20. The number of rotatable bonds is 7. The Bertz CT molecular complexity index is 815. The molecule has 0 aliphatic heterocycles. The highest BCUT2D eigenvalue weighted by Crippen LogP contribution is 2.30. The van der Waals surface area contributed by atoms with Crippen LogP contribution in [0.3, 0.4) is 0 Å². The lowest BCUT2D eigenvalue weighted by Crippen LogP contribution is -2.32. The predicted molar refractivity (Wildman–Crippen MR) is 110 cm³/mol. The Morgan fingerprint density at radius 3 is 2.25 bits per heavy atom. The second-order valence-corrected chi connectivity index (χ2v) is 10.4. The maximum Gasteiger partial charge on any atom is 0.265 e. The molecule has 1 atom stereocenters. The van der Waals surface area contributed by atoms with E-state index in [1.54, 1.807) is 13.8 Å². The van der Waals surface area contributed by atoms with E-state index >= 15 is 0 Å². The van der Waals surface area contributed by atoms with Crippen molar-refractivity contribution in [1.29, 1.82) is 0 Å². The molecular formula is C20H27FN2O3S2. The fourth-order valence-electron chi connectivity index (χ4n) is 2.89. The van der Waals surface area contributed by atoms with Crippen molar-refractivity contribution in [3.05, 3.63) is 45.8 Å². The molecule has 2 rings (SSSR count). The molecule has 1 unspecified atom stereocenters. The normalized spacial score (nSPS) is 13.2. The summed E-state index contributed by atoms with van der Waals surface area (Å²) in [4.78, 5) is 16.6. The molecule has 28 heavy (non-hydrogen) atoms. The Morgan fingerprint density at radius 1 is 1.29 bits per heavy atom. The highest BCUT2D eigenvalue weighted by atomic mass is 32.2. The van der Waals surface area contributed by atoms with E-state index in [4.69, 9.17) is 0 Å². The Labute approximate surface area is 172 Å². The molecule has 1 aromatic carbocycles. The average Bonchev–Trinajstić information content (AvgIpc) is 3.06. The summed E-state index contributed by atoms with van der Waals surface area (Å²) in [6.45, 7) is 11.0. The molecule has 8 heteroatoms. The van der Waals surface area contributed by atoms with Crippen molar-refractivity contribution in [1.82, 2.24) is 9.71 Å². The third-order valence-electron chi connectivity index (χ3n) is 4.26. The van der Waals surface area contributed by atoms with Crippen LogP contribution in [0.25, 0.3) is 0 Å². The van der Waals surface area contributed by atoms with Crippen LogP contribution in [0.4, 0.5) is 4.39 Å². The number of carbonyl (C=O) groups is 1. The van der Waals surface area contributed by atoms with E-state index in [2.05, 4.69) is 9.71 Å². The number of thiazole rings is 1. The van der Waals surface area contributed by atoms with Crippen LogP contribution in [-0.2, 0) is 28.2 Å². The van der Waals surface area contributed by atoms with Gasteiger partial charge in [-0.15, -0.1) is 0 Å². The molecule has 2 aromatic rings. The Morgan fingerprint density at radius 2 is 1.82 bits per heavy atom. The Balaban J connectivity index is 2.22. The largest absolute Gasteiger partial charge is 0.587 e. The number of nitrogens with one attached hydrogen (secondary N) is 1. The van der Waals surface area contributed by atoms with Gasteiger partial charge in [0, 0.05) is 0 Å². The molecule has 0 aliphatic carbocycles. The zero-order valence-electron chi connectivity index (χ0n) is 17.0. The third-order valence-corrected chi connectivity index (χ3v) is 6.96. The van der Waals surface area contributed by atoms with Gasteiger partial charge < -0.3 is 9.66 Å². The van der Waals surface area contributed by atoms with Crippen molar-refractivity contribution in [2.45, 2.75) is 69.6 Å². The lowest BCUT2D eigenvalue weighted by molar-refractivity contribution is -0.118.